The van der Waals surface area contributed by atoms with Gasteiger partial charge in [0.1, 0.15) is 0 Å². The Morgan fingerprint density at radius 2 is 2.06 bits per heavy atom. The summed E-state index contributed by atoms with van der Waals surface area (Å²) in [6, 6.07) is 0. The van der Waals surface area contributed by atoms with Crippen molar-refractivity contribution in [2.24, 2.45) is 0 Å². The highest BCUT2D eigenvalue weighted by Gasteiger charge is 2.21. The zero-order valence-electron chi connectivity index (χ0n) is 11.2. The Hall–Kier alpha value is -0.260. The largest absolute Gasteiger partial charge is 0.394 e. The molecule has 0 saturated heterocycles. The van der Waals surface area contributed by atoms with E-state index in [1.807, 2.05) is 6.92 Å². The van der Waals surface area contributed by atoms with Gasteiger partial charge in [0.15, 0.2) is 0 Å². The zero-order chi connectivity index (χ0) is 13.3. The van der Waals surface area contributed by atoms with Crippen molar-refractivity contribution in [1.29, 1.82) is 0 Å². The van der Waals surface area contributed by atoms with Crippen molar-refractivity contribution in [3.05, 3.63) is 0 Å². The predicted octanol–water partition coefficient (Wildman–Crippen LogP) is 1.71. The van der Waals surface area contributed by atoms with Crippen LogP contribution in [-0.2, 0) is 0 Å². The Kier molecular flexibility index (Phi) is 8.64. The van der Waals surface area contributed by atoms with Gasteiger partial charge >= 0.3 is 0 Å². The molecule has 0 bridgehead atoms. The third-order valence-corrected chi connectivity index (χ3v) is 2.87. The summed E-state index contributed by atoms with van der Waals surface area (Å²) in [5.41, 5.74) is -0.290. The molecule has 17 heavy (non-hydrogen) atoms. The topological polar surface area (TPSA) is 35.5 Å². The van der Waals surface area contributed by atoms with Crippen LogP contribution in [-0.4, -0.2) is 55.3 Å². The fraction of sp³-hybridized carbons (Fsp3) is 1.00. The quantitative estimate of drug-likeness (QED) is 0.621. The van der Waals surface area contributed by atoms with Gasteiger partial charge in [0.05, 0.1) is 13.2 Å². The maximum Gasteiger partial charge on any atom is 0.251 e. The lowest BCUT2D eigenvalue weighted by Crippen LogP contribution is -2.46. The molecule has 0 heterocycles. The van der Waals surface area contributed by atoms with Crippen molar-refractivity contribution in [2.75, 3.05) is 33.3 Å². The minimum Gasteiger partial charge on any atom is -0.394 e. The van der Waals surface area contributed by atoms with Crippen LogP contribution in [0.4, 0.5) is 8.78 Å². The standard InChI is InChI=1S/C12H26F2N2O/c1-4-7-15-12(2,10-17)6-5-8-16(3)9-11(13)14/h11,15,17H,4-10H2,1-3H3. The number of rotatable bonds is 10. The SMILES string of the molecule is CCCNC(C)(CO)CCCN(C)CC(F)F. The fourth-order valence-corrected chi connectivity index (χ4v) is 1.72. The van der Waals surface area contributed by atoms with Crippen molar-refractivity contribution >= 4 is 0 Å². The summed E-state index contributed by atoms with van der Waals surface area (Å²) in [6.07, 6.45) is 0.331. The first kappa shape index (κ1) is 16.7. The molecule has 0 aliphatic carbocycles. The number of halogens is 2. The summed E-state index contributed by atoms with van der Waals surface area (Å²) in [6.45, 7) is 5.43. The van der Waals surface area contributed by atoms with Crippen LogP contribution in [0.3, 0.4) is 0 Å². The van der Waals surface area contributed by atoms with Crippen molar-refractivity contribution < 1.29 is 13.9 Å². The summed E-state index contributed by atoms with van der Waals surface area (Å²) >= 11 is 0. The molecule has 5 heteroatoms. The van der Waals surface area contributed by atoms with Gasteiger partial charge < -0.3 is 15.3 Å². The molecule has 0 radical (unpaired) electrons. The second kappa shape index (κ2) is 8.78. The Balaban J connectivity index is 3.82. The van der Waals surface area contributed by atoms with E-state index in [4.69, 9.17) is 0 Å². The number of alkyl halides is 2. The Morgan fingerprint density at radius 3 is 2.53 bits per heavy atom. The first-order valence-corrected chi connectivity index (χ1v) is 6.26. The van der Waals surface area contributed by atoms with E-state index in [1.54, 1.807) is 11.9 Å². The van der Waals surface area contributed by atoms with E-state index in [-0.39, 0.29) is 18.7 Å². The molecular formula is C12H26F2N2O. The van der Waals surface area contributed by atoms with Gasteiger partial charge in [-0.2, -0.15) is 0 Å². The predicted molar refractivity (Wildman–Crippen MR) is 66.5 cm³/mol. The second-order valence-electron chi connectivity index (χ2n) is 4.90. The van der Waals surface area contributed by atoms with Gasteiger partial charge in [0.25, 0.3) is 6.43 Å². The molecule has 1 unspecified atom stereocenters. The van der Waals surface area contributed by atoms with Crippen LogP contribution in [0.2, 0.25) is 0 Å². The third kappa shape index (κ3) is 8.46. The van der Waals surface area contributed by atoms with Gasteiger partial charge in [-0.1, -0.05) is 6.92 Å². The maximum atomic E-state index is 12.1. The summed E-state index contributed by atoms with van der Waals surface area (Å²) in [5.74, 6) is 0. The van der Waals surface area contributed by atoms with Crippen LogP contribution >= 0.6 is 0 Å². The molecule has 3 nitrogen and oxygen atoms in total. The monoisotopic (exact) mass is 252 g/mol. The van der Waals surface area contributed by atoms with Gasteiger partial charge in [-0.3, -0.25) is 0 Å². The van der Waals surface area contributed by atoms with Crippen molar-refractivity contribution in [3.63, 3.8) is 0 Å². The lowest BCUT2D eigenvalue weighted by Gasteiger charge is -2.29. The lowest BCUT2D eigenvalue weighted by atomic mass is 9.96. The minimum absolute atomic E-state index is 0.0750. The highest BCUT2D eigenvalue weighted by Crippen LogP contribution is 2.12. The molecule has 0 aliphatic rings. The Bertz CT molecular complexity index is 193. The lowest BCUT2D eigenvalue weighted by molar-refractivity contribution is 0.0963. The second-order valence-corrected chi connectivity index (χ2v) is 4.90. The molecule has 0 amide bonds. The highest BCUT2D eigenvalue weighted by molar-refractivity contribution is 4.82. The van der Waals surface area contributed by atoms with E-state index in [2.05, 4.69) is 12.2 Å². The number of nitrogens with one attached hydrogen (secondary N) is 1. The van der Waals surface area contributed by atoms with E-state index in [0.717, 1.165) is 25.8 Å². The van der Waals surface area contributed by atoms with E-state index >= 15 is 0 Å². The van der Waals surface area contributed by atoms with Gasteiger partial charge in [0.2, 0.25) is 0 Å². The smallest absolute Gasteiger partial charge is 0.251 e. The minimum atomic E-state index is -2.28. The molecule has 2 N–H and O–H groups in total. The summed E-state index contributed by atoms with van der Waals surface area (Å²) in [7, 11) is 1.70. The first-order valence-electron chi connectivity index (χ1n) is 6.26. The van der Waals surface area contributed by atoms with Crippen LogP contribution in [0, 0.1) is 0 Å². The van der Waals surface area contributed by atoms with Gasteiger partial charge in [-0.15, -0.1) is 0 Å². The number of nitrogens with zero attached hydrogens (tertiary/aromatic N) is 1. The van der Waals surface area contributed by atoms with Crippen LogP contribution in [0.1, 0.15) is 33.1 Å². The van der Waals surface area contributed by atoms with Crippen LogP contribution in [0.25, 0.3) is 0 Å². The molecule has 0 saturated carbocycles. The summed E-state index contributed by atoms with van der Waals surface area (Å²) in [4.78, 5) is 1.63. The van der Waals surface area contributed by atoms with Crippen molar-refractivity contribution in [3.8, 4) is 0 Å². The van der Waals surface area contributed by atoms with Crippen molar-refractivity contribution in [1.82, 2.24) is 10.2 Å². The maximum absolute atomic E-state index is 12.1. The van der Waals surface area contributed by atoms with E-state index in [0.29, 0.717) is 6.54 Å². The molecule has 0 aliphatic heterocycles. The molecule has 0 spiro atoms. The third-order valence-electron chi connectivity index (χ3n) is 2.87. The molecule has 0 aromatic rings. The number of aliphatic hydroxyl groups is 1. The average Bonchev–Trinajstić information content (AvgIpc) is 2.25. The number of hydrogen-bond donors (Lipinski definition) is 2. The van der Waals surface area contributed by atoms with Crippen LogP contribution in [0.5, 0.6) is 0 Å². The highest BCUT2D eigenvalue weighted by atomic mass is 19.3. The van der Waals surface area contributed by atoms with E-state index < -0.39 is 6.43 Å². The van der Waals surface area contributed by atoms with Crippen LogP contribution in [0.15, 0.2) is 0 Å². The van der Waals surface area contributed by atoms with Crippen molar-refractivity contribution in [2.45, 2.75) is 45.1 Å². The molecular weight excluding hydrogens is 226 g/mol. The number of hydrogen-bond acceptors (Lipinski definition) is 3. The van der Waals surface area contributed by atoms with Crippen LogP contribution < -0.4 is 5.32 Å². The summed E-state index contributed by atoms with van der Waals surface area (Å²) in [5, 5.41) is 12.6. The molecule has 0 aromatic carbocycles. The molecule has 1 atom stereocenters. The first-order chi connectivity index (χ1) is 7.93. The van der Waals surface area contributed by atoms with Gasteiger partial charge in [-0.05, 0) is 46.3 Å². The Labute approximate surface area is 103 Å². The Morgan fingerprint density at radius 1 is 1.41 bits per heavy atom. The molecule has 0 fully saturated rings. The average molecular weight is 252 g/mol. The fourth-order valence-electron chi connectivity index (χ4n) is 1.72. The van der Waals surface area contributed by atoms with Gasteiger partial charge in [0, 0.05) is 5.54 Å². The molecule has 0 aromatic heterocycles. The van der Waals surface area contributed by atoms with Gasteiger partial charge in [-0.25, -0.2) is 8.78 Å². The van der Waals surface area contributed by atoms with E-state index in [1.165, 1.54) is 0 Å². The normalized spacial score (nSPS) is 15.5. The molecule has 104 valence electrons. The summed E-state index contributed by atoms with van der Waals surface area (Å²) < 4.78 is 24.2. The molecule has 0 rings (SSSR count). The van der Waals surface area contributed by atoms with E-state index in [9.17, 15) is 13.9 Å². The zero-order valence-corrected chi connectivity index (χ0v) is 11.2. The number of aliphatic hydroxyl groups excluding tert-OH is 1.